The molecule has 7 nitrogen and oxygen atoms in total. The smallest absolute Gasteiger partial charge is 0.303 e. The van der Waals surface area contributed by atoms with Crippen molar-refractivity contribution in [3.63, 3.8) is 0 Å². The summed E-state index contributed by atoms with van der Waals surface area (Å²) in [6, 6.07) is 0. The molecule has 0 spiro atoms. The van der Waals surface area contributed by atoms with Crippen molar-refractivity contribution in [2.75, 3.05) is 0 Å². The zero-order valence-corrected chi connectivity index (χ0v) is 19.2. The van der Waals surface area contributed by atoms with Gasteiger partial charge in [-0.25, -0.2) is 8.42 Å². The maximum atomic E-state index is 9.37. The third-order valence-corrected chi connectivity index (χ3v) is 3.56. The molecule has 3 N–H and O–H groups in total. The SMILES string of the molecule is CCC(=O)O.CCC(=O)O.CCCCCCCCCCCCCC.O=[SH](=O)O. The monoisotopic (exact) mass is 428 g/mol. The average Bonchev–Trinajstić information content (AvgIpc) is 2.63. The van der Waals surface area contributed by atoms with E-state index >= 15 is 0 Å². The Hall–Kier alpha value is -1.15. The molecule has 0 aromatic carbocycles. The van der Waals surface area contributed by atoms with Gasteiger partial charge in [0.15, 0.2) is 0 Å². The van der Waals surface area contributed by atoms with Gasteiger partial charge in [0.25, 0.3) is 11.0 Å². The molecule has 0 amide bonds. The fourth-order valence-corrected chi connectivity index (χ4v) is 1.91. The van der Waals surface area contributed by atoms with Crippen LogP contribution in [0.3, 0.4) is 0 Å². The summed E-state index contributed by atoms with van der Waals surface area (Å²) in [7, 11) is -3.12. The fourth-order valence-electron chi connectivity index (χ4n) is 1.91. The average molecular weight is 429 g/mol. The lowest BCUT2D eigenvalue weighted by Crippen LogP contribution is -1.86. The number of hydrogen-bond donors (Lipinski definition) is 4. The molecule has 0 bridgehead atoms. The summed E-state index contributed by atoms with van der Waals surface area (Å²) in [5.41, 5.74) is 0. The third-order valence-electron chi connectivity index (χ3n) is 3.56. The van der Waals surface area contributed by atoms with Crippen molar-refractivity contribution in [2.24, 2.45) is 0 Å². The normalized spacial score (nSPS) is 9.21. The van der Waals surface area contributed by atoms with Gasteiger partial charge in [-0.05, 0) is 0 Å². The molecule has 0 heterocycles. The second kappa shape index (κ2) is 33.4. The lowest BCUT2D eigenvalue weighted by Gasteiger charge is -2.01. The van der Waals surface area contributed by atoms with Crippen molar-refractivity contribution in [1.82, 2.24) is 0 Å². The van der Waals surface area contributed by atoms with Crippen LogP contribution in [0.2, 0.25) is 0 Å². The maximum absolute atomic E-state index is 9.37. The number of rotatable bonds is 13. The molecule has 0 atom stereocenters. The van der Waals surface area contributed by atoms with Crippen LogP contribution in [0, 0.1) is 0 Å². The minimum atomic E-state index is -3.12. The van der Waals surface area contributed by atoms with E-state index in [2.05, 4.69) is 13.8 Å². The largest absolute Gasteiger partial charge is 0.481 e. The maximum Gasteiger partial charge on any atom is 0.303 e. The first-order chi connectivity index (χ1) is 13.2. The molecule has 0 unspecified atom stereocenters. The van der Waals surface area contributed by atoms with Crippen molar-refractivity contribution in [2.45, 2.75) is 118 Å². The molecule has 0 aromatic heterocycles. The van der Waals surface area contributed by atoms with Crippen LogP contribution in [-0.2, 0) is 20.6 Å². The Labute approximate surface area is 173 Å². The van der Waals surface area contributed by atoms with Crippen LogP contribution in [-0.4, -0.2) is 35.1 Å². The molecule has 28 heavy (non-hydrogen) atoms. The Morgan fingerprint density at radius 3 is 0.821 bits per heavy atom. The number of thiol groups is 1. The Morgan fingerprint density at radius 2 is 0.714 bits per heavy atom. The molecular formula is C20H44O7S. The van der Waals surface area contributed by atoms with Crippen molar-refractivity contribution >= 4 is 22.9 Å². The molecule has 0 aromatic rings. The van der Waals surface area contributed by atoms with Crippen LogP contribution in [0.4, 0.5) is 0 Å². The Balaban J connectivity index is -0.000000168. The van der Waals surface area contributed by atoms with Crippen LogP contribution in [0.1, 0.15) is 118 Å². The van der Waals surface area contributed by atoms with Gasteiger partial charge in [0.2, 0.25) is 0 Å². The van der Waals surface area contributed by atoms with Crippen molar-refractivity contribution in [3.05, 3.63) is 0 Å². The quantitative estimate of drug-likeness (QED) is 0.167. The van der Waals surface area contributed by atoms with Gasteiger partial charge in [-0.1, -0.05) is 105 Å². The first-order valence-corrected chi connectivity index (χ1v) is 11.6. The van der Waals surface area contributed by atoms with Crippen LogP contribution in [0.15, 0.2) is 0 Å². The number of carboxylic acid groups (broad SMARTS) is 2. The summed E-state index contributed by atoms with van der Waals surface area (Å²) in [5.74, 6) is -1.49. The summed E-state index contributed by atoms with van der Waals surface area (Å²) < 4.78 is 24.2. The number of hydrogen-bond acceptors (Lipinski definition) is 4. The molecule has 0 saturated carbocycles. The summed E-state index contributed by atoms with van der Waals surface area (Å²) >= 11 is 0. The second-order valence-corrected chi connectivity index (χ2v) is 6.74. The van der Waals surface area contributed by atoms with Crippen LogP contribution in [0.5, 0.6) is 0 Å². The van der Waals surface area contributed by atoms with E-state index in [1.165, 1.54) is 77.0 Å². The van der Waals surface area contributed by atoms with E-state index in [4.69, 9.17) is 23.2 Å². The Bertz CT molecular complexity index is 349. The van der Waals surface area contributed by atoms with Gasteiger partial charge in [-0.15, -0.1) is 0 Å². The summed E-state index contributed by atoms with van der Waals surface area (Å²) in [5, 5.41) is 15.4. The molecule has 0 aliphatic carbocycles. The van der Waals surface area contributed by atoms with E-state index < -0.39 is 22.9 Å². The first kappa shape index (κ1) is 34.4. The van der Waals surface area contributed by atoms with Gasteiger partial charge in [0.1, 0.15) is 0 Å². The van der Waals surface area contributed by atoms with E-state index in [0.29, 0.717) is 0 Å². The van der Waals surface area contributed by atoms with Gasteiger partial charge in [-0.2, -0.15) is 0 Å². The molecule has 0 rings (SSSR count). The second-order valence-electron chi connectivity index (χ2n) is 6.27. The van der Waals surface area contributed by atoms with E-state index in [1.807, 2.05) is 0 Å². The number of unbranched alkanes of at least 4 members (excludes halogenated alkanes) is 11. The molecule has 8 heteroatoms. The topological polar surface area (TPSA) is 129 Å². The van der Waals surface area contributed by atoms with Gasteiger partial charge < -0.3 is 10.2 Å². The lowest BCUT2D eigenvalue weighted by atomic mass is 10.1. The minimum Gasteiger partial charge on any atom is -0.481 e. The number of carbonyl (C=O) groups is 2. The highest BCUT2D eigenvalue weighted by atomic mass is 32.2. The molecule has 0 radical (unpaired) electrons. The summed E-state index contributed by atoms with van der Waals surface area (Å²) in [6.07, 6.45) is 17.9. The molecular weight excluding hydrogens is 384 g/mol. The zero-order chi connectivity index (χ0) is 22.6. The Morgan fingerprint density at radius 1 is 0.571 bits per heavy atom. The summed E-state index contributed by atoms with van der Waals surface area (Å²) in [6.45, 7) is 7.77. The summed E-state index contributed by atoms with van der Waals surface area (Å²) in [4.78, 5) is 18.7. The van der Waals surface area contributed by atoms with Crippen LogP contribution >= 0.6 is 0 Å². The third kappa shape index (κ3) is 73.7. The molecule has 0 aliphatic rings. The highest BCUT2D eigenvalue weighted by Crippen LogP contribution is 2.11. The van der Waals surface area contributed by atoms with Gasteiger partial charge in [-0.3, -0.25) is 14.1 Å². The highest BCUT2D eigenvalue weighted by Gasteiger charge is 1.91. The zero-order valence-electron chi connectivity index (χ0n) is 18.3. The van der Waals surface area contributed by atoms with Crippen molar-refractivity contribution in [1.29, 1.82) is 0 Å². The van der Waals surface area contributed by atoms with Gasteiger partial charge in [0, 0.05) is 12.8 Å². The van der Waals surface area contributed by atoms with Crippen LogP contribution < -0.4 is 0 Å². The van der Waals surface area contributed by atoms with Gasteiger partial charge in [0.05, 0.1) is 0 Å². The van der Waals surface area contributed by atoms with Crippen LogP contribution in [0.25, 0.3) is 0 Å². The van der Waals surface area contributed by atoms with Crippen molar-refractivity contribution < 1.29 is 32.8 Å². The molecule has 0 saturated heterocycles. The molecule has 172 valence electrons. The van der Waals surface area contributed by atoms with E-state index in [-0.39, 0.29) is 12.8 Å². The predicted molar refractivity (Wildman–Crippen MR) is 116 cm³/mol. The Kier molecular flexibility index (Phi) is 41.0. The first-order valence-electron chi connectivity index (χ1n) is 10.5. The number of aliphatic carboxylic acids is 2. The number of carboxylic acids is 2. The van der Waals surface area contributed by atoms with E-state index in [9.17, 15) is 9.59 Å². The fraction of sp³-hybridized carbons (Fsp3) is 0.900. The van der Waals surface area contributed by atoms with E-state index in [1.54, 1.807) is 13.8 Å². The molecule has 0 aliphatic heterocycles. The molecule has 0 fully saturated rings. The lowest BCUT2D eigenvalue weighted by molar-refractivity contribution is -0.137. The standard InChI is InChI=1S/C14H30.2C3H6O2.H2O3S/c1-3-5-7-9-11-13-14-12-10-8-6-4-2;2*1-2-3(4)5;1-4(2)3/h3-14H2,1-2H3;2*2H2,1H3,(H,4,5);4H,(H,1,2,3). The van der Waals surface area contributed by atoms with Gasteiger partial charge >= 0.3 is 11.9 Å². The van der Waals surface area contributed by atoms with Crippen molar-refractivity contribution in [3.8, 4) is 0 Å². The minimum absolute atomic E-state index is 0.222. The van der Waals surface area contributed by atoms with E-state index in [0.717, 1.165) is 0 Å². The highest BCUT2D eigenvalue weighted by molar-refractivity contribution is 7.66. The predicted octanol–water partition coefficient (Wildman–Crippen LogP) is 5.74.